The smallest absolute Gasteiger partial charge is 0.319 e. The SMILES string of the molecule is CCN(CC1CCN(C(=O)N(C)C)CC1)C(C)Cc1ccc2c(c1)CCO2. The van der Waals surface area contributed by atoms with E-state index in [1.54, 1.807) is 4.90 Å². The number of benzene rings is 1. The highest BCUT2D eigenvalue weighted by Gasteiger charge is 2.26. The second kappa shape index (κ2) is 8.96. The summed E-state index contributed by atoms with van der Waals surface area (Å²) in [6.07, 6.45) is 4.34. The molecule has 1 saturated heterocycles. The predicted octanol–water partition coefficient (Wildman–Crippen LogP) is 3.27. The van der Waals surface area contributed by atoms with Crippen LogP contribution in [0.15, 0.2) is 18.2 Å². The zero-order valence-electron chi connectivity index (χ0n) is 17.4. The van der Waals surface area contributed by atoms with Gasteiger partial charge in [-0.2, -0.15) is 0 Å². The van der Waals surface area contributed by atoms with Crippen LogP contribution >= 0.6 is 0 Å². The van der Waals surface area contributed by atoms with Gasteiger partial charge in [0, 0.05) is 46.2 Å². The monoisotopic (exact) mass is 373 g/mol. The van der Waals surface area contributed by atoms with E-state index in [-0.39, 0.29) is 6.03 Å². The van der Waals surface area contributed by atoms with Gasteiger partial charge in [0.15, 0.2) is 0 Å². The highest BCUT2D eigenvalue weighted by Crippen LogP contribution is 2.27. The molecule has 1 unspecified atom stereocenters. The molecule has 2 heterocycles. The standard InChI is InChI=1S/C22H35N3O2/c1-5-24(16-18-8-11-25(12-9-18)22(26)23(3)4)17(2)14-19-6-7-21-20(15-19)10-13-27-21/h6-7,15,17-18H,5,8-14,16H2,1-4H3. The molecule has 2 aliphatic heterocycles. The summed E-state index contributed by atoms with van der Waals surface area (Å²) < 4.78 is 5.63. The molecule has 27 heavy (non-hydrogen) atoms. The molecule has 1 aromatic rings. The Morgan fingerprint density at radius 2 is 2.04 bits per heavy atom. The molecule has 5 heteroatoms. The number of likely N-dealkylation sites (tertiary alicyclic amines) is 1. The normalized spacial score (nSPS) is 18.3. The maximum Gasteiger partial charge on any atom is 0.319 e. The summed E-state index contributed by atoms with van der Waals surface area (Å²) in [5.74, 6) is 1.75. The van der Waals surface area contributed by atoms with Crippen LogP contribution in [0.2, 0.25) is 0 Å². The fourth-order valence-electron chi connectivity index (χ4n) is 4.38. The number of piperidine rings is 1. The third kappa shape index (κ3) is 4.95. The number of hydrogen-bond acceptors (Lipinski definition) is 3. The van der Waals surface area contributed by atoms with Crippen LogP contribution in [0.1, 0.15) is 37.8 Å². The van der Waals surface area contributed by atoms with Crippen LogP contribution in [0.4, 0.5) is 4.79 Å². The lowest BCUT2D eigenvalue weighted by Crippen LogP contribution is -2.46. The number of carbonyl (C=O) groups excluding carboxylic acids is 1. The van der Waals surface area contributed by atoms with Crippen LogP contribution in [0.25, 0.3) is 0 Å². The van der Waals surface area contributed by atoms with Crippen LogP contribution < -0.4 is 4.74 Å². The lowest BCUT2D eigenvalue weighted by Gasteiger charge is -2.37. The van der Waals surface area contributed by atoms with Crippen molar-refractivity contribution >= 4 is 6.03 Å². The Hall–Kier alpha value is -1.75. The summed E-state index contributed by atoms with van der Waals surface area (Å²) in [6, 6.07) is 7.36. The molecule has 1 fully saturated rings. The van der Waals surface area contributed by atoms with Crippen molar-refractivity contribution in [3.05, 3.63) is 29.3 Å². The van der Waals surface area contributed by atoms with Crippen molar-refractivity contribution in [2.24, 2.45) is 5.92 Å². The summed E-state index contributed by atoms with van der Waals surface area (Å²) in [5, 5.41) is 0. The molecule has 5 nitrogen and oxygen atoms in total. The quantitative estimate of drug-likeness (QED) is 0.768. The van der Waals surface area contributed by atoms with Gasteiger partial charge in [-0.05, 0) is 55.8 Å². The summed E-state index contributed by atoms with van der Waals surface area (Å²) in [5.41, 5.74) is 2.78. The molecule has 0 N–H and O–H groups in total. The maximum absolute atomic E-state index is 12.1. The molecule has 3 rings (SSSR count). The van der Waals surface area contributed by atoms with Gasteiger partial charge in [-0.25, -0.2) is 4.79 Å². The van der Waals surface area contributed by atoms with E-state index in [0.717, 1.165) is 64.2 Å². The van der Waals surface area contributed by atoms with E-state index in [2.05, 4.69) is 36.9 Å². The van der Waals surface area contributed by atoms with Crippen molar-refractivity contribution in [1.29, 1.82) is 0 Å². The second-order valence-electron chi connectivity index (χ2n) is 8.29. The summed E-state index contributed by atoms with van der Waals surface area (Å²) in [6.45, 7) is 9.42. The number of carbonyl (C=O) groups is 1. The van der Waals surface area contributed by atoms with Crippen LogP contribution in [-0.4, -0.2) is 73.7 Å². The van der Waals surface area contributed by atoms with Gasteiger partial charge in [0.1, 0.15) is 5.75 Å². The Labute approximate surface area is 164 Å². The molecule has 0 saturated carbocycles. The molecular formula is C22H35N3O2. The first-order valence-electron chi connectivity index (χ1n) is 10.4. The second-order valence-corrected chi connectivity index (χ2v) is 8.29. The van der Waals surface area contributed by atoms with E-state index in [4.69, 9.17) is 4.74 Å². The molecule has 2 aliphatic rings. The van der Waals surface area contributed by atoms with Crippen LogP contribution in [0, 0.1) is 5.92 Å². The molecular weight excluding hydrogens is 338 g/mol. The van der Waals surface area contributed by atoms with E-state index in [9.17, 15) is 4.79 Å². The molecule has 1 atom stereocenters. The molecule has 0 spiro atoms. The first-order chi connectivity index (χ1) is 13.0. The van der Waals surface area contributed by atoms with E-state index < -0.39 is 0 Å². The number of urea groups is 1. The lowest BCUT2D eigenvalue weighted by atomic mass is 9.95. The van der Waals surface area contributed by atoms with Gasteiger partial charge in [-0.15, -0.1) is 0 Å². The third-order valence-corrected chi connectivity index (χ3v) is 6.07. The zero-order chi connectivity index (χ0) is 19.4. The molecule has 0 radical (unpaired) electrons. The third-order valence-electron chi connectivity index (χ3n) is 6.07. The first kappa shape index (κ1) is 20.0. The largest absolute Gasteiger partial charge is 0.493 e. The average molecular weight is 374 g/mol. The van der Waals surface area contributed by atoms with Gasteiger partial charge in [-0.1, -0.05) is 19.1 Å². The molecule has 0 bridgehead atoms. The number of rotatable bonds is 6. The highest BCUT2D eigenvalue weighted by atomic mass is 16.5. The summed E-state index contributed by atoms with van der Waals surface area (Å²) in [4.78, 5) is 18.4. The van der Waals surface area contributed by atoms with Gasteiger partial charge < -0.3 is 19.4 Å². The highest BCUT2D eigenvalue weighted by molar-refractivity contribution is 5.73. The Kier molecular flexibility index (Phi) is 6.64. The van der Waals surface area contributed by atoms with Gasteiger partial charge >= 0.3 is 6.03 Å². The van der Waals surface area contributed by atoms with Gasteiger partial charge in [0.2, 0.25) is 0 Å². The van der Waals surface area contributed by atoms with Gasteiger partial charge in [0.05, 0.1) is 6.61 Å². The van der Waals surface area contributed by atoms with Crippen molar-refractivity contribution in [3.8, 4) is 5.75 Å². The van der Waals surface area contributed by atoms with Gasteiger partial charge in [-0.3, -0.25) is 0 Å². The summed E-state index contributed by atoms with van der Waals surface area (Å²) in [7, 11) is 3.67. The Bertz CT molecular complexity index is 638. The lowest BCUT2D eigenvalue weighted by molar-refractivity contribution is 0.120. The number of likely N-dealkylation sites (N-methyl/N-ethyl adjacent to an activating group) is 1. The van der Waals surface area contributed by atoms with E-state index in [1.165, 1.54) is 11.1 Å². The molecule has 150 valence electrons. The number of hydrogen-bond donors (Lipinski definition) is 0. The van der Waals surface area contributed by atoms with E-state index in [0.29, 0.717) is 12.0 Å². The fraction of sp³-hybridized carbons (Fsp3) is 0.682. The van der Waals surface area contributed by atoms with Crippen molar-refractivity contribution in [3.63, 3.8) is 0 Å². The maximum atomic E-state index is 12.1. The predicted molar refractivity (Wildman–Crippen MR) is 109 cm³/mol. The number of ether oxygens (including phenoxy) is 1. The van der Waals surface area contributed by atoms with Crippen LogP contribution in [0.5, 0.6) is 5.75 Å². The van der Waals surface area contributed by atoms with Crippen molar-refractivity contribution in [1.82, 2.24) is 14.7 Å². The number of fused-ring (bicyclic) bond motifs is 1. The molecule has 0 aromatic heterocycles. The van der Waals surface area contributed by atoms with Crippen LogP contribution in [0.3, 0.4) is 0 Å². The Morgan fingerprint density at radius 1 is 1.30 bits per heavy atom. The van der Waals surface area contributed by atoms with E-state index in [1.807, 2.05) is 19.0 Å². The molecule has 2 amide bonds. The van der Waals surface area contributed by atoms with Crippen molar-refractivity contribution in [2.45, 2.75) is 45.6 Å². The zero-order valence-corrected chi connectivity index (χ0v) is 17.4. The van der Waals surface area contributed by atoms with Crippen LogP contribution in [-0.2, 0) is 12.8 Å². The van der Waals surface area contributed by atoms with Gasteiger partial charge in [0.25, 0.3) is 0 Å². The number of nitrogens with zero attached hydrogens (tertiary/aromatic N) is 3. The Balaban J connectivity index is 1.50. The summed E-state index contributed by atoms with van der Waals surface area (Å²) >= 11 is 0. The van der Waals surface area contributed by atoms with Crippen molar-refractivity contribution in [2.75, 3.05) is 46.9 Å². The minimum Gasteiger partial charge on any atom is -0.493 e. The van der Waals surface area contributed by atoms with E-state index >= 15 is 0 Å². The average Bonchev–Trinajstić information content (AvgIpc) is 3.13. The Morgan fingerprint density at radius 3 is 2.70 bits per heavy atom. The molecule has 0 aliphatic carbocycles. The van der Waals surface area contributed by atoms with Crippen molar-refractivity contribution < 1.29 is 9.53 Å². The minimum absolute atomic E-state index is 0.148. The first-order valence-corrected chi connectivity index (χ1v) is 10.4. The molecule has 1 aromatic carbocycles. The fourth-order valence-corrected chi connectivity index (χ4v) is 4.38. The topological polar surface area (TPSA) is 36.0 Å². The number of amides is 2. The minimum atomic E-state index is 0.148.